The van der Waals surface area contributed by atoms with E-state index in [-0.39, 0.29) is 0 Å². The molecule has 27 heavy (non-hydrogen) atoms. The summed E-state index contributed by atoms with van der Waals surface area (Å²) in [5.41, 5.74) is 2.76. The molecular formula is C19H15N5S3. The van der Waals surface area contributed by atoms with Gasteiger partial charge in [0.25, 0.3) is 0 Å². The minimum Gasteiger partial charge on any atom is -0.308 e. The normalized spacial score (nSPS) is 11.0. The zero-order valence-corrected chi connectivity index (χ0v) is 16.9. The van der Waals surface area contributed by atoms with Crippen LogP contribution in [0, 0.1) is 11.3 Å². The Balaban J connectivity index is 1.42. The van der Waals surface area contributed by atoms with Crippen molar-refractivity contribution in [3.8, 4) is 6.07 Å². The average Bonchev–Trinajstić information content (AvgIpc) is 3.28. The largest absolute Gasteiger partial charge is 0.308 e. The molecule has 0 aliphatic rings. The SMILES string of the molecule is Cn1c(CSc2nc3ccccc3s2)nnc1SCc1ccccc1C#N. The number of rotatable bonds is 6. The second-order valence-corrected chi connectivity index (χ2v) is 8.95. The van der Waals surface area contributed by atoms with E-state index in [0.29, 0.717) is 11.3 Å². The summed E-state index contributed by atoms with van der Waals surface area (Å²) in [5, 5.41) is 18.7. The molecule has 0 saturated heterocycles. The first-order valence-corrected chi connectivity index (χ1v) is 11.0. The topological polar surface area (TPSA) is 67.4 Å². The maximum Gasteiger partial charge on any atom is 0.191 e. The summed E-state index contributed by atoms with van der Waals surface area (Å²) in [6.07, 6.45) is 0. The van der Waals surface area contributed by atoms with Crippen molar-refractivity contribution in [1.29, 1.82) is 5.26 Å². The molecule has 5 nitrogen and oxygen atoms in total. The fourth-order valence-corrected chi connectivity index (χ4v) is 5.51. The molecule has 0 N–H and O–H groups in total. The molecule has 0 saturated carbocycles. The zero-order valence-electron chi connectivity index (χ0n) is 14.5. The highest BCUT2D eigenvalue weighted by molar-refractivity contribution is 8.00. The van der Waals surface area contributed by atoms with Gasteiger partial charge in [0.15, 0.2) is 9.50 Å². The number of thioether (sulfide) groups is 2. The van der Waals surface area contributed by atoms with Crippen molar-refractivity contribution in [2.45, 2.75) is 21.0 Å². The van der Waals surface area contributed by atoms with Gasteiger partial charge in [-0.2, -0.15) is 5.26 Å². The molecule has 4 rings (SSSR count). The predicted molar refractivity (Wildman–Crippen MR) is 111 cm³/mol. The van der Waals surface area contributed by atoms with Crippen molar-refractivity contribution in [3.05, 3.63) is 65.5 Å². The lowest BCUT2D eigenvalue weighted by atomic mass is 10.1. The monoisotopic (exact) mass is 409 g/mol. The third kappa shape index (κ3) is 4.00. The van der Waals surface area contributed by atoms with Crippen molar-refractivity contribution >= 4 is 45.1 Å². The minimum atomic E-state index is 0.695. The number of fused-ring (bicyclic) bond motifs is 1. The predicted octanol–water partition coefficient (Wildman–Crippen LogP) is 4.88. The Labute approximate surface area is 169 Å². The van der Waals surface area contributed by atoms with Gasteiger partial charge < -0.3 is 4.57 Å². The smallest absolute Gasteiger partial charge is 0.191 e. The van der Waals surface area contributed by atoms with Crippen molar-refractivity contribution in [3.63, 3.8) is 0 Å². The molecule has 0 radical (unpaired) electrons. The van der Waals surface area contributed by atoms with Gasteiger partial charge in [0.2, 0.25) is 0 Å². The molecule has 0 amide bonds. The van der Waals surface area contributed by atoms with Gasteiger partial charge in [0.05, 0.1) is 27.6 Å². The van der Waals surface area contributed by atoms with Crippen LogP contribution in [0.1, 0.15) is 17.0 Å². The molecule has 4 aromatic rings. The summed E-state index contributed by atoms with van der Waals surface area (Å²) in [5.74, 6) is 2.33. The highest BCUT2D eigenvalue weighted by Crippen LogP contribution is 2.31. The molecule has 0 aliphatic heterocycles. The van der Waals surface area contributed by atoms with Gasteiger partial charge in [0, 0.05) is 12.8 Å². The first-order valence-electron chi connectivity index (χ1n) is 8.22. The van der Waals surface area contributed by atoms with Crippen LogP contribution >= 0.6 is 34.9 Å². The molecule has 0 bridgehead atoms. The van der Waals surface area contributed by atoms with Gasteiger partial charge in [-0.15, -0.1) is 21.5 Å². The molecule has 0 spiro atoms. The highest BCUT2D eigenvalue weighted by atomic mass is 32.2. The molecule has 0 fully saturated rings. The molecule has 2 heterocycles. The van der Waals surface area contributed by atoms with Gasteiger partial charge in [-0.3, -0.25) is 0 Å². The van der Waals surface area contributed by atoms with Gasteiger partial charge >= 0.3 is 0 Å². The van der Waals surface area contributed by atoms with Crippen molar-refractivity contribution in [1.82, 2.24) is 19.7 Å². The van der Waals surface area contributed by atoms with Crippen molar-refractivity contribution < 1.29 is 0 Å². The van der Waals surface area contributed by atoms with Crippen LogP contribution < -0.4 is 0 Å². The Kier molecular flexibility index (Phi) is 5.43. The Morgan fingerprint density at radius 1 is 1.04 bits per heavy atom. The molecule has 2 aromatic carbocycles. The molecule has 134 valence electrons. The summed E-state index contributed by atoms with van der Waals surface area (Å²) in [4.78, 5) is 4.65. The molecule has 0 atom stereocenters. The van der Waals surface area contributed by atoms with E-state index in [1.807, 2.05) is 54.1 Å². The van der Waals surface area contributed by atoms with Crippen LogP contribution in [0.2, 0.25) is 0 Å². The van der Waals surface area contributed by atoms with Crippen LogP contribution in [0.15, 0.2) is 58.0 Å². The maximum absolute atomic E-state index is 9.20. The Morgan fingerprint density at radius 2 is 1.85 bits per heavy atom. The van der Waals surface area contributed by atoms with Crippen LogP contribution in [0.25, 0.3) is 10.2 Å². The standard InChI is InChI=1S/C19H15N5S3/c1-24-17(12-26-19-21-15-8-4-5-9-16(15)27-19)22-23-18(24)25-11-14-7-3-2-6-13(14)10-20/h2-9H,11-12H2,1H3. The number of nitriles is 1. The summed E-state index contributed by atoms with van der Waals surface area (Å²) in [6.45, 7) is 0. The number of aromatic nitrogens is 4. The lowest BCUT2D eigenvalue weighted by Crippen LogP contribution is -1.98. The lowest BCUT2D eigenvalue weighted by Gasteiger charge is -2.04. The fraction of sp³-hybridized carbons (Fsp3) is 0.158. The van der Waals surface area contributed by atoms with E-state index in [0.717, 1.165) is 32.2 Å². The number of hydrogen-bond donors (Lipinski definition) is 0. The number of benzene rings is 2. The highest BCUT2D eigenvalue weighted by Gasteiger charge is 2.12. The van der Waals surface area contributed by atoms with E-state index in [4.69, 9.17) is 0 Å². The number of para-hydroxylation sites is 1. The van der Waals surface area contributed by atoms with E-state index in [2.05, 4.69) is 27.3 Å². The minimum absolute atomic E-state index is 0.695. The van der Waals surface area contributed by atoms with E-state index in [1.165, 1.54) is 4.70 Å². The van der Waals surface area contributed by atoms with E-state index in [9.17, 15) is 5.26 Å². The Bertz CT molecular complexity index is 1090. The summed E-state index contributed by atoms with van der Waals surface area (Å²) < 4.78 is 4.25. The van der Waals surface area contributed by atoms with Crippen LogP contribution in [-0.2, 0) is 18.6 Å². The quantitative estimate of drug-likeness (QED) is 0.423. The molecule has 0 unspecified atom stereocenters. The molecule has 0 aliphatic carbocycles. The summed E-state index contributed by atoms with van der Waals surface area (Å²) in [7, 11) is 1.98. The Morgan fingerprint density at radius 3 is 2.70 bits per heavy atom. The molecule has 2 aromatic heterocycles. The number of thiazole rings is 1. The molecule has 8 heteroatoms. The Hall–Kier alpha value is -2.34. The average molecular weight is 410 g/mol. The number of nitrogens with zero attached hydrogens (tertiary/aromatic N) is 5. The van der Waals surface area contributed by atoms with Gasteiger partial charge in [0.1, 0.15) is 5.82 Å². The van der Waals surface area contributed by atoms with Crippen LogP contribution in [0.5, 0.6) is 0 Å². The summed E-state index contributed by atoms with van der Waals surface area (Å²) >= 11 is 4.97. The van der Waals surface area contributed by atoms with Gasteiger partial charge in [-0.25, -0.2) is 4.98 Å². The first kappa shape index (κ1) is 18.0. The van der Waals surface area contributed by atoms with Crippen molar-refractivity contribution in [2.75, 3.05) is 0 Å². The second kappa shape index (κ2) is 8.13. The van der Waals surface area contributed by atoms with E-state index < -0.39 is 0 Å². The van der Waals surface area contributed by atoms with Gasteiger partial charge in [-0.1, -0.05) is 53.9 Å². The lowest BCUT2D eigenvalue weighted by molar-refractivity contribution is 0.761. The fourth-order valence-electron chi connectivity index (χ4n) is 2.53. The molecular weight excluding hydrogens is 394 g/mol. The summed E-state index contributed by atoms with van der Waals surface area (Å²) in [6, 6.07) is 18.1. The van der Waals surface area contributed by atoms with Crippen molar-refractivity contribution in [2.24, 2.45) is 7.05 Å². The third-order valence-corrected chi connectivity index (χ3v) is 7.26. The van der Waals surface area contributed by atoms with Crippen LogP contribution in [0.3, 0.4) is 0 Å². The van der Waals surface area contributed by atoms with E-state index in [1.54, 1.807) is 34.9 Å². The maximum atomic E-state index is 9.20. The van der Waals surface area contributed by atoms with E-state index >= 15 is 0 Å². The first-order chi connectivity index (χ1) is 13.2. The van der Waals surface area contributed by atoms with Crippen LogP contribution in [0.4, 0.5) is 0 Å². The zero-order chi connectivity index (χ0) is 18.6. The van der Waals surface area contributed by atoms with Gasteiger partial charge in [-0.05, 0) is 23.8 Å². The van der Waals surface area contributed by atoms with Crippen LogP contribution in [-0.4, -0.2) is 19.7 Å². The second-order valence-electron chi connectivity index (χ2n) is 5.75. The number of hydrogen-bond acceptors (Lipinski definition) is 7. The third-order valence-electron chi connectivity index (χ3n) is 4.02.